The molecule has 1 fully saturated rings. The van der Waals surface area contributed by atoms with Gasteiger partial charge >= 0.3 is 0 Å². The second-order valence-electron chi connectivity index (χ2n) is 5.42. The topological polar surface area (TPSA) is 32.7 Å². The summed E-state index contributed by atoms with van der Waals surface area (Å²) < 4.78 is 0. The van der Waals surface area contributed by atoms with Gasteiger partial charge in [-0.25, -0.2) is 0 Å². The maximum atomic E-state index is 12.3. The fourth-order valence-corrected chi connectivity index (χ4v) is 3.50. The first-order valence-electron chi connectivity index (χ1n) is 7.47. The van der Waals surface area contributed by atoms with E-state index >= 15 is 0 Å². The van der Waals surface area contributed by atoms with E-state index in [2.05, 4.69) is 12.0 Å². The molecule has 1 saturated carbocycles. The Hall–Kier alpha value is -0.770. The summed E-state index contributed by atoms with van der Waals surface area (Å²) in [5.41, 5.74) is 0. The number of carbonyl (C=O) groups is 1. The van der Waals surface area contributed by atoms with Gasteiger partial charge in [0, 0.05) is 18.5 Å². The fourth-order valence-electron chi connectivity index (χ4n) is 2.64. The lowest BCUT2D eigenvalue weighted by Crippen LogP contribution is -2.19. The number of ketones is 1. The van der Waals surface area contributed by atoms with Crippen molar-refractivity contribution in [2.24, 2.45) is 11.0 Å². The van der Waals surface area contributed by atoms with Crippen molar-refractivity contribution >= 4 is 22.6 Å². The van der Waals surface area contributed by atoms with Crippen LogP contribution in [-0.4, -0.2) is 22.4 Å². The standard InChI is InChI=1S/C15H24N2OS/c1-3-4-10-17-15(19-12(2)16-17)11-14(18)13-8-6-5-7-9-13/h11,13H,3-10H2,1-2H3/b15-11-. The molecule has 0 amide bonds. The molecule has 0 atom stereocenters. The third kappa shape index (κ3) is 4.10. The summed E-state index contributed by atoms with van der Waals surface area (Å²) in [6.07, 6.45) is 9.97. The van der Waals surface area contributed by atoms with E-state index in [4.69, 9.17) is 0 Å². The molecule has 0 bridgehead atoms. The monoisotopic (exact) mass is 280 g/mol. The van der Waals surface area contributed by atoms with Gasteiger partial charge in [-0.15, -0.1) is 0 Å². The van der Waals surface area contributed by atoms with Gasteiger partial charge in [-0.1, -0.05) is 44.4 Å². The predicted octanol–water partition coefficient (Wildman–Crippen LogP) is 4.16. The fraction of sp³-hybridized carbons (Fsp3) is 0.733. The lowest BCUT2D eigenvalue weighted by Gasteiger charge is -2.20. The zero-order chi connectivity index (χ0) is 13.7. The van der Waals surface area contributed by atoms with Gasteiger partial charge < -0.3 is 0 Å². The number of allylic oxidation sites excluding steroid dienone is 1. The van der Waals surface area contributed by atoms with Gasteiger partial charge in [0.25, 0.3) is 0 Å². The molecule has 0 aromatic rings. The number of hydrogen-bond acceptors (Lipinski definition) is 4. The van der Waals surface area contributed by atoms with Crippen LogP contribution in [0.15, 0.2) is 16.2 Å². The van der Waals surface area contributed by atoms with Crippen molar-refractivity contribution in [2.75, 3.05) is 6.54 Å². The molecule has 1 aliphatic carbocycles. The Bertz CT molecular complexity index is 384. The van der Waals surface area contributed by atoms with Crippen LogP contribution in [0.3, 0.4) is 0 Å². The van der Waals surface area contributed by atoms with Crippen LogP contribution in [-0.2, 0) is 4.79 Å². The summed E-state index contributed by atoms with van der Waals surface area (Å²) in [6.45, 7) is 5.11. The number of nitrogens with zero attached hydrogens (tertiary/aromatic N) is 2. The second-order valence-corrected chi connectivity index (χ2v) is 6.63. The number of hydrogen-bond donors (Lipinski definition) is 0. The van der Waals surface area contributed by atoms with Gasteiger partial charge in [-0.2, -0.15) is 5.10 Å². The lowest BCUT2D eigenvalue weighted by atomic mass is 9.86. The van der Waals surface area contributed by atoms with E-state index in [1.165, 1.54) is 19.3 Å². The molecule has 0 spiro atoms. The van der Waals surface area contributed by atoms with Gasteiger partial charge in [0.1, 0.15) is 5.03 Å². The molecule has 0 radical (unpaired) electrons. The second kappa shape index (κ2) is 7.13. The molecule has 4 heteroatoms. The summed E-state index contributed by atoms with van der Waals surface area (Å²) in [6, 6.07) is 0. The third-order valence-corrected chi connectivity index (χ3v) is 4.68. The number of hydrazone groups is 1. The van der Waals surface area contributed by atoms with E-state index in [1.54, 1.807) is 11.8 Å². The molecule has 0 saturated heterocycles. The van der Waals surface area contributed by atoms with E-state index in [0.29, 0.717) is 5.78 Å². The van der Waals surface area contributed by atoms with Crippen molar-refractivity contribution in [1.82, 2.24) is 5.01 Å². The first-order chi connectivity index (χ1) is 9.20. The van der Waals surface area contributed by atoms with Crippen molar-refractivity contribution in [2.45, 2.75) is 58.8 Å². The van der Waals surface area contributed by atoms with E-state index in [-0.39, 0.29) is 5.92 Å². The molecule has 0 N–H and O–H groups in total. The number of thioether (sulfide) groups is 1. The number of rotatable bonds is 5. The highest BCUT2D eigenvalue weighted by molar-refractivity contribution is 8.17. The van der Waals surface area contributed by atoms with Crippen LogP contribution in [0.2, 0.25) is 0 Å². The van der Waals surface area contributed by atoms with Crippen molar-refractivity contribution in [1.29, 1.82) is 0 Å². The van der Waals surface area contributed by atoms with E-state index in [9.17, 15) is 4.79 Å². The SMILES string of the molecule is CCCCN1N=C(C)S/C1=C\C(=O)C1CCCCC1. The molecule has 1 heterocycles. The molecule has 19 heavy (non-hydrogen) atoms. The Morgan fingerprint density at radius 3 is 2.84 bits per heavy atom. The van der Waals surface area contributed by atoms with Gasteiger partial charge in [-0.05, 0) is 26.2 Å². The molecule has 106 valence electrons. The Labute approximate surface area is 120 Å². The molecule has 0 aromatic heterocycles. The minimum atomic E-state index is 0.260. The highest BCUT2D eigenvalue weighted by atomic mass is 32.2. The lowest BCUT2D eigenvalue weighted by molar-refractivity contribution is -0.119. The summed E-state index contributed by atoms with van der Waals surface area (Å²) in [7, 11) is 0. The van der Waals surface area contributed by atoms with Crippen LogP contribution in [0, 0.1) is 5.92 Å². The van der Waals surface area contributed by atoms with E-state index < -0.39 is 0 Å². The van der Waals surface area contributed by atoms with Crippen molar-refractivity contribution in [3.8, 4) is 0 Å². The normalized spacial score (nSPS) is 22.9. The van der Waals surface area contributed by atoms with Crippen LogP contribution in [0.25, 0.3) is 0 Å². The zero-order valence-electron chi connectivity index (χ0n) is 12.0. The van der Waals surface area contributed by atoms with Crippen LogP contribution < -0.4 is 0 Å². The van der Waals surface area contributed by atoms with Crippen LogP contribution >= 0.6 is 11.8 Å². The zero-order valence-corrected chi connectivity index (χ0v) is 12.8. The van der Waals surface area contributed by atoms with Crippen LogP contribution in [0.5, 0.6) is 0 Å². The molecule has 0 aromatic carbocycles. The number of unbranched alkanes of at least 4 members (excludes halogenated alkanes) is 1. The summed E-state index contributed by atoms with van der Waals surface area (Å²) in [5, 5.41) is 8.57. The predicted molar refractivity (Wildman–Crippen MR) is 82.0 cm³/mol. The highest BCUT2D eigenvalue weighted by Crippen LogP contribution is 2.32. The summed E-state index contributed by atoms with van der Waals surface area (Å²) in [5.74, 6) is 0.573. The Morgan fingerprint density at radius 1 is 1.42 bits per heavy atom. The summed E-state index contributed by atoms with van der Waals surface area (Å²) in [4.78, 5) is 12.3. The largest absolute Gasteiger partial charge is 0.294 e. The average Bonchev–Trinajstić information content (AvgIpc) is 2.77. The van der Waals surface area contributed by atoms with Crippen LogP contribution in [0.4, 0.5) is 0 Å². The first kappa shape index (κ1) is 14.6. The molecule has 2 aliphatic rings. The molecule has 0 unspecified atom stereocenters. The third-order valence-electron chi connectivity index (χ3n) is 3.76. The molecule has 3 nitrogen and oxygen atoms in total. The van der Waals surface area contributed by atoms with Crippen molar-refractivity contribution < 1.29 is 4.79 Å². The maximum absolute atomic E-state index is 12.3. The van der Waals surface area contributed by atoms with Crippen molar-refractivity contribution in [3.63, 3.8) is 0 Å². The molecule has 1 aliphatic heterocycles. The molecular weight excluding hydrogens is 256 g/mol. The van der Waals surface area contributed by atoms with E-state index in [1.807, 2.05) is 18.0 Å². The molecular formula is C15H24N2OS. The Morgan fingerprint density at radius 2 is 2.16 bits per heavy atom. The summed E-state index contributed by atoms with van der Waals surface area (Å²) >= 11 is 1.63. The van der Waals surface area contributed by atoms with E-state index in [0.717, 1.165) is 42.3 Å². The first-order valence-corrected chi connectivity index (χ1v) is 8.28. The minimum Gasteiger partial charge on any atom is -0.294 e. The number of carbonyl (C=O) groups excluding carboxylic acids is 1. The molecule has 2 rings (SSSR count). The quantitative estimate of drug-likeness (QED) is 0.709. The minimum absolute atomic E-state index is 0.260. The van der Waals surface area contributed by atoms with Crippen LogP contribution in [0.1, 0.15) is 58.8 Å². The Balaban J connectivity index is 1.98. The van der Waals surface area contributed by atoms with Gasteiger partial charge in [0.15, 0.2) is 5.78 Å². The highest BCUT2D eigenvalue weighted by Gasteiger charge is 2.23. The van der Waals surface area contributed by atoms with Gasteiger partial charge in [-0.3, -0.25) is 9.80 Å². The van der Waals surface area contributed by atoms with Gasteiger partial charge in [0.2, 0.25) is 0 Å². The average molecular weight is 280 g/mol. The van der Waals surface area contributed by atoms with Crippen molar-refractivity contribution in [3.05, 3.63) is 11.1 Å². The smallest absolute Gasteiger partial charge is 0.161 e. The maximum Gasteiger partial charge on any atom is 0.161 e. The van der Waals surface area contributed by atoms with Gasteiger partial charge in [0.05, 0.1) is 5.04 Å². The Kier molecular flexibility index (Phi) is 5.49.